The van der Waals surface area contributed by atoms with E-state index in [-0.39, 0.29) is 0 Å². The van der Waals surface area contributed by atoms with Crippen LogP contribution in [0, 0.1) is 13.8 Å². The third kappa shape index (κ3) is 3.82. The maximum absolute atomic E-state index is 5.41. The monoisotopic (exact) mass is 284 g/mol. The van der Waals surface area contributed by atoms with Crippen molar-refractivity contribution >= 4 is 0 Å². The molecule has 1 unspecified atom stereocenters. The first-order chi connectivity index (χ1) is 10.2. The summed E-state index contributed by atoms with van der Waals surface area (Å²) in [5, 5.41) is 3.59. The van der Waals surface area contributed by atoms with Crippen LogP contribution in [0.15, 0.2) is 36.7 Å². The van der Waals surface area contributed by atoms with E-state index in [0.29, 0.717) is 6.04 Å². The molecule has 0 aliphatic rings. The molecular weight excluding hydrogens is 260 g/mol. The largest absolute Gasteiger partial charge is 0.496 e. The zero-order valence-corrected chi connectivity index (χ0v) is 13.3. The lowest BCUT2D eigenvalue weighted by molar-refractivity contribution is 0.410. The van der Waals surface area contributed by atoms with Crippen molar-refractivity contribution in [2.24, 2.45) is 0 Å². The Hall–Kier alpha value is -1.87. The summed E-state index contributed by atoms with van der Waals surface area (Å²) in [6.45, 7) is 7.33. The van der Waals surface area contributed by atoms with Gasteiger partial charge in [0.2, 0.25) is 0 Å². The predicted molar refractivity (Wildman–Crippen MR) is 86.8 cm³/mol. The van der Waals surface area contributed by atoms with Crippen LogP contribution < -0.4 is 10.1 Å². The van der Waals surface area contributed by atoms with Crippen LogP contribution in [0.5, 0.6) is 5.75 Å². The zero-order valence-electron chi connectivity index (χ0n) is 13.3. The summed E-state index contributed by atoms with van der Waals surface area (Å²) in [4.78, 5) is 4.09. The number of likely N-dealkylation sites (N-methyl/N-ethyl adjacent to an activating group) is 1. The molecule has 1 heterocycles. The van der Waals surface area contributed by atoms with Gasteiger partial charge in [0.05, 0.1) is 7.11 Å². The second-order valence-corrected chi connectivity index (χ2v) is 5.35. The Kier molecular flexibility index (Phi) is 5.34. The lowest BCUT2D eigenvalue weighted by Crippen LogP contribution is -2.24. The van der Waals surface area contributed by atoms with Crippen molar-refractivity contribution in [2.75, 3.05) is 13.7 Å². The Bertz CT molecular complexity index is 581. The molecule has 21 heavy (non-hydrogen) atoms. The number of aromatic nitrogens is 1. The number of ether oxygens (including phenoxy) is 1. The minimum Gasteiger partial charge on any atom is -0.496 e. The average Bonchev–Trinajstić information content (AvgIpc) is 2.50. The smallest absolute Gasteiger partial charge is 0.122 e. The van der Waals surface area contributed by atoms with Gasteiger partial charge in [0.1, 0.15) is 5.75 Å². The van der Waals surface area contributed by atoms with Crippen LogP contribution in [0.25, 0.3) is 0 Å². The van der Waals surface area contributed by atoms with Gasteiger partial charge in [0.15, 0.2) is 0 Å². The van der Waals surface area contributed by atoms with Crippen LogP contribution in [0.1, 0.15) is 35.2 Å². The summed E-state index contributed by atoms with van der Waals surface area (Å²) in [5.74, 6) is 0.954. The minimum atomic E-state index is 0.307. The molecule has 3 heteroatoms. The summed E-state index contributed by atoms with van der Waals surface area (Å²) in [5.41, 5.74) is 5.07. The van der Waals surface area contributed by atoms with Gasteiger partial charge >= 0.3 is 0 Å². The molecule has 0 spiro atoms. The molecule has 0 bridgehead atoms. The zero-order chi connectivity index (χ0) is 15.2. The fourth-order valence-electron chi connectivity index (χ4n) is 2.70. The van der Waals surface area contributed by atoms with Gasteiger partial charge in [0, 0.05) is 18.4 Å². The third-order valence-corrected chi connectivity index (χ3v) is 3.80. The first kappa shape index (κ1) is 15.5. The first-order valence-corrected chi connectivity index (χ1v) is 7.43. The van der Waals surface area contributed by atoms with E-state index in [1.54, 1.807) is 7.11 Å². The van der Waals surface area contributed by atoms with E-state index in [4.69, 9.17) is 4.74 Å². The van der Waals surface area contributed by atoms with Crippen molar-refractivity contribution < 1.29 is 4.74 Å². The summed E-state index contributed by atoms with van der Waals surface area (Å²) in [6.07, 6.45) is 4.66. The molecule has 3 nitrogen and oxygen atoms in total. The highest BCUT2D eigenvalue weighted by molar-refractivity contribution is 5.43. The standard InChI is InChI=1S/C18H24N2O/c1-5-20-17(12-15-6-8-19-9-7-15)16-10-14(3)18(21-4)11-13(16)2/h6-11,17,20H,5,12H2,1-4H3. The van der Waals surface area contributed by atoms with Crippen molar-refractivity contribution in [3.05, 3.63) is 58.9 Å². The summed E-state index contributed by atoms with van der Waals surface area (Å²) in [7, 11) is 1.72. The molecule has 0 aliphatic heterocycles. The van der Waals surface area contributed by atoms with E-state index >= 15 is 0 Å². The number of methoxy groups -OCH3 is 1. The van der Waals surface area contributed by atoms with Crippen molar-refractivity contribution in [2.45, 2.75) is 33.2 Å². The molecule has 1 N–H and O–H groups in total. The molecule has 0 radical (unpaired) electrons. The molecule has 2 aromatic rings. The normalized spacial score (nSPS) is 12.2. The summed E-state index contributed by atoms with van der Waals surface area (Å²) >= 11 is 0. The highest BCUT2D eigenvalue weighted by atomic mass is 16.5. The Morgan fingerprint density at radius 3 is 2.48 bits per heavy atom. The van der Waals surface area contributed by atoms with Crippen LogP contribution in [-0.2, 0) is 6.42 Å². The molecule has 2 rings (SSSR count). The van der Waals surface area contributed by atoms with Gasteiger partial charge < -0.3 is 10.1 Å². The quantitative estimate of drug-likeness (QED) is 0.880. The van der Waals surface area contributed by atoms with E-state index in [1.807, 2.05) is 12.4 Å². The van der Waals surface area contributed by atoms with E-state index in [9.17, 15) is 0 Å². The number of pyridine rings is 1. The molecule has 1 atom stereocenters. The lowest BCUT2D eigenvalue weighted by atomic mass is 9.93. The Balaban J connectivity index is 2.32. The molecule has 0 aliphatic carbocycles. The van der Waals surface area contributed by atoms with Crippen LogP contribution in [-0.4, -0.2) is 18.6 Å². The average molecular weight is 284 g/mol. The third-order valence-electron chi connectivity index (χ3n) is 3.80. The molecule has 0 saturated carbocycles. The van der Waals surface area contributed by atoms with Gasteiger partial charge in [-0.2, -0.15) is 0 Å². The van der Waals surface area contributed by atoms with Gasteiger partial charge in [-0.25, -0.2) is 0 Å². The Morgan fingerprint density at radius 2 is 1.86 bits per heavy atom. The number of nitrogens with zero attached hydrogens (tertiary/aromatic N) is 1. The van der Waals surface area contributed by atoms with Crippen molar-refractivity contribution in [1.29, 1.82) is 0 Å². The maximum atomic E-state index is 5.41. The van der Waals surface area contributed by atoms with Crippen molar-refractivity contribution in [1.82, 2.24) is 10.3 Å². The van der Waals surface area contributed by atoms with Crippen LogP contribution >= 0.6 is 0 Å². The second-order valence-electron chi connectivity index (χ2n) is 5.35. The topological polar surface area (TPSA) is 34.2 Å². The van der Waals surface area contributed by atoms with Gasteiger partial charge in [-0.3, -0.25) is 4.98 Å². The second kappa shape index (κ2) is 7.23. The van der Waals surface area contributed by atoms with Crippen LogP contribution in [0.3, 0.4) is 0 Å². The number of benzene rings is 1. The van der Waals surface area contributed by atoms with E-state index in [1.165, 1.54) is 22.3 Å². The highest BCUT2D eigenvalue weighted by Crippen LogP contribution is 2.28. The van der Waals surface area contributed by atoms with E-state index in [2.05, 4.69) is 55.3 Å². The molecule has 0 fully saturated rings. The van der Waals surface area contributed by atoms with Crippen LogP contribution in [0.4, 0.5) is 0 Å². The van der Waals surface area contributed by atoms with Crippen LogP contribution in [0.2, 0.25) is 0 Å². The number of hydrogen-bond donors (Lipinski definition) is 1. The fourth-order valence-corrected chi connectivity index (χ4v) is 2.70. The van der Waals surface area contributed by atoms with E-state index in [0.717, 1.165) is 18.7 Å². The van der Waals surface area contributed by atoms with Crippen molar-refractivity contribution in [3.8, 4) is 5.75 Å². The van der Waals surface area contributed by atoms with E-state index < -0.39 is 0 Å². The number of rotatable bonds is 6. The molecule has 1 aromatic carbocycles. The summed E-state index contributed by atoms with van der Waals surface area (Å²) in [6, 6.07) is 8.83. The van der Waals surface area contributed by atoms with Gasteiger partial charge in [-0.05, 0) is 67.3 Å². The highest BCUT2D eigenvalue weighted by Gasteiger charge is 2.15. The maximum Gasteiger partial charge on any atom is 0.122 e. The summed E-state index contributed by atoms with van der Waals surface area (Å²) < 4.78 is 5.41. The minimum absolute atomic E-state index is 0.307. The predicted octanol–water partition coefficient (Wildman–Crippen LogP) is 3.60. The number of nitrogens with one attached hydrogen (secondary N) is 1. The SMILES string of the molecule is CCNC(Cc1ccncc1)c1cc(C)c(OC)cc1C. The lowest BCUT2D eigenvalue weighted by Gasteiger charge is -2.22. The van der Waals surface area contributed by atoms with Gasteiger partial charge in [-0.15, -0.1) is 0 Å². The fraction of sp³-hybridized carbons (Fsp3) is 0.389. The number of hydrogen-bond acceptors (Lipinski definition) is 3. The van der Waals surface area contributed by atoms with Gasteiger partial charge in [0.25, 0.3) is 0 Å². The molecule has 0 amide bonds. The Morgan fingerprint density at radius 1 is 1.14 bits per heavy atom. The van der Waals surface area contributed by atoms with Gasteiger partial charge in [-0.1, -0.05) is 13.0 Å². The van der Waals surface area contributed by atoms with Crippen molar-refractivity contribution in [3.63, 3.8) is 0 Å². The number of aryl methyl sites for hydroxylation is 2. The first-order valence-electron chi connectivity index (χ1n) is 7.43. The Labute approximate surface area is 127 Å². The molecule has 1 aromatic heterocycles. The molecule has 112 valence electrons. The molecule has 0 saturated heterocycles. The molecular formula is C18H24N2O.